The number of nitrogens with one attached hydrogen (secondary N) is 1. The van der Waals surface area contributed by atoms with Crippen LogP contribution in [0.1, 0.15) is 13.8 Å². The molecule has 9 heavy (non-hydrogen) atoms. The molecular formula is C6H10N2O. The average Bonchev–Trinajstić information content (AvgIpc) is 2.13. The van der Waals surface area contributed by atoms with Crippen LogP contribution in [0.2, 0.25) is 0 Å². The van der Waals surface area contributed by atoms with Gasteiger partial charge < -0.3 is 0 Å². The molecule has 3 nitrogen and oxygen atoms in total. The van der Waals surface area contributed by atoms with Gasteiger partial charge in [0.25, 0.3) is 0 Å². The van der Waals surface area contributed by atoms with Gasteiger partial charge in [-0.25, -0.2) is 5.43 Å². The molecule has 0 aromatic carbocycles. The van der Waals surface area contributed by atoms with E-state index in [1.807, 2.05) is 13.8 Å². The van der Waals surface area contributed by atoms with Crippen molar-refractivity contribution in [3.8, 4) is 0 Å². The second-order valence-corrected chi connectivity index (χ2v) is 2.52. The molecule has 0 bridgehead atoms. The molecule has 1 amide bonds. The predicted molar refractivity (Wildman–Crippen MR) is 35.0 cm³/mol. The van der Waals surface area contributed by atoms with Gasteiger partial charge >= 0.3 is 0 Å². The Morgan fingerprint density at radius 1 is 1.78 bits per heavy atom. The molecule has 0 spiro atoms. The van der Waals surface area contributed by atoms with Crippen molar-refractivity contribution in [3.63, 3.8) is 0 Å². The van der Waals surface area contributed by atoms with Crippen LogP contribution in [-0.4, -0.2) is 12.1 Å². The summed E-state index contributed by atoms with van der Waals surface area (Å²) in [6, 6.07) is 0. The van der Waals surface area contributed by atoms with Crippen LogP contribution in [-0.2, 0) is 4.79 Å². The fourth-order valence-electron chi connectivity index (χ4n) is 0.798. The van der Waals surface area contributed by atoms with E-state index in [0.29, 0.717) is 5.92 Å². The van der Waals surface area contributed by atoms with Crippen molar-refractivity contribution in [2.24, 2.45) is 16.9 Å². The van der Waals surface area contributed by atoms with Gasteiger partial charge in [-0.15, -0.1) is 0 Å². The van der Waals surface area contributed by atoms with Crippen molar-refractivity contribution in [1.82, 2.24) is 5.43 Å². The summed E-state index contributed by atoms with van der Waals surface area (Å²) in [6.45, 7) is 4.00. The van der Waals surface area contributed by atoms with E-state index in [-0.39, 0.29) is 11.8 Å². The van der Waals surface area contributed by atoms with E-state index < -0.39 is 0 Å². The van der Waals surface area contributed by atoms with Crippen LogP contribution in [0, 0.1) is 11.8 Å². The van der Waals surface area contributed by atoms with Crippen molar-refractivity contribution < 1.29 is 4.79 Å². The smallest absolute Gasteiger partial charge is 0.248 e. The number of hydrazone groups is 1. The molecule has 1 aliphatic rings. The Balaban J connectivity index is 2.59. The SMILES string of the molecule is CC(C)C1C=NNC1=O. The van der Waals surface area contributed by atoms with Gasteiger partial charge in [0.2, 0.25) is 5.91 Å². The number of rotatable bonds is 1. The maximum Gasteiger partial charge on any atom is 0.248 e. The molecule has 1 aliphatic heterocycles. The Morgan fingerprint density at radius 3 is 2.67 bits per heavy atom. The maximum atomic E-state index is 10.8. The van der Waals surface area contributed by atoms with Crippen molar-refractivity contribution in [3.05, 3.63) is 0 Å². The van der Waals surface area contributed by atoms with Crippen LogP contribution in [0.4, 0.5) is 0 Å². The minimum absolute atomic E-state index is 0.00926. The van der Waals surface area contributed by atoms with Crippen LogP contribution in [0.5, 0.6) is 0 Å². The zero-order valence-electron chi connectivity index (χ0n) is 5.59. The molecule has 1 N–H and O–H groups in total. The number of hydrogen-bond acceptors (Lipinski definition) is 2. The summed E-state index contributed by atoms with van der Waals surface area (Å²) >= 11 is 0. The summed E-state index contributed by atoms with van der Waals surface area (Å²) in [5.41, 5.74) is 2.38. The van der Waals surface area contributed by atoms with E-state index in [9.17, 15) is 4.79 Å². The van der Waals surface area contributed by atoms with Crippen LogP contribution in [0.3, 0.4) is 0 Å². The lowest BCUT2D eigenvalue weighted by molar-refractivity contribution is -0.122. The number of nitrogens with zero attached hydrogens (tertiary/aromatic N) is 1. The van der Waals surface area contributed by atoms with Crippen molar-refractivity contribution >= 4 is 12.1 Å². The number of hydrogen-bond donors (Lipinski definition) is 1. The predicted octanol–water partition coefficient (Wildman–Crippen LogP) is 0.374. The molecule has 1 heterocycles. The van der Waals surface area contributed by atoms with E-state index in [1.165, 1.54) is 0 Å². The Bertz CT molecular complexity index is 151. The maximum absolute atomic E-state index is 10.8. The third-order valence-corrected chi connectivity index (χ3v) is 1.43. The summed E-state index contributed by atoms with van der Waals surface area (Å²) in [7, 11) is 0. The van der Waals surface area contributed by atoms with E-state index in [2.05, 4.69) is 10.5 Å². The molecule has 0 aliphatic carbocycles. The quantitative estimate of drug-likeness (QED) is 0.542. The fourth-order valence-corrected chi connectivity index (χ4v) is 0.798. The normalized spacial score (nSPS) is 25.2. The summed E-state index contributed by atoms with van der Waals surface area (Å²) in [5, 5.41) is 3.64. The van der Waals surface area contributed by atoms with Gasteiger partial charge in [0.1, 0.15) is 0 Å². The zero-order valence-corrected chi connectivity index (χ0v) is 5.59. The van der Waals surface area contributed by atoms with Gasteiger partial charge in [-0.3, -0.25) is 4.79 Å². The summed E-state index contributed by atoms with van der Waals surface area (Å²) in [6.07, 6.45) is 1.66. The highest BCUT2D eigenvalue weighted by Crippen LogP contribution is 2.10. The first-order valence-corrected chi connectivity index (χ1v) is 3.05. The minimum Gasteiger partial charge on any atom is -0.272 e. The fraction of sp³-hybridized carbons (Fsp3) is 0.667. The Labute approximate surface area is 54.1 Å². The average molecular weight is 126 g/mol. The molecule has 3 heteroatoms. The third kappa shape index (κ3) is 1.09. The Hall–Kier alpha value is -0.860. The molecule has 0 saturated carbocycles. The van der Waals surface area contributed by atoms with Crippen LogP contribution in [0.25, 0.3) is 0 Å². The van der Waals surface area contributed by atoms with E-state index in [1.54, 1.807) is 6.21 Å². The summed E-state index contributed by atoms with van der Waals surface area (Å²) in [4.78, 5) is 10.8. The van der Waals surface area contributed by atoms with E-state index in [4.69, 9.17) is 0 Å². The lowest BCUT2D eigenvalue weighted by Gasteiger charge is -2.06. The number of carbonyl (C=O) groups is 1. The highest BCUT2D eigenvalue weighted by atomic mass is 16.2. The molecule has 1 atom stereocenters. The van der Waals surface area contributed by atoms with E-state index >= 15 is 0 Å². The van der Waals surface area contributed by atoms with Crippen molar-refractivity contribution in [2.75, 3.05) is 0 Å². The van der Waals surface area contributed by atoms with Crippen LogP contribution < -0.4 is 5.43 Å². The summed E-state index contributed by atoms with van der Waals surface area (Å²) in [5.74, 6) is 0.367. The van der Waals surface area contributed by atoms with Gasteiger partial charge in [0, 0.05) is 6.21 Å². The third-order valence-electron chi connectivity index (χ3n) is 1.43. The van der Waals surface area contributed by atoms with Crippen molar-refractivity contribution in [1.29, 1.82) is 0 Å². The van der Waals surface area contributed by atoms with Crippen LogP contribution in [0.15, 0.2) is 5.10 Å². The van der Waals surface area contributed by atoms with Crippen molar-refractivity contribution in [2.45, 2.75) is 13.8 Å². The molecular weight excluding hydrogens is 116 g/mol. The Kier molecular flexibility index (Phi) is 1.51. The molecule has 0 fully saturated rings. The standard InChI is InChI=1S/C6H10N2O/c1-4(2)5-3-7-8-6(5)9/h3-5H,1-2H3,(H,8,9). The van der Waals surface area contributed by atoms with E-state index in [0.717, 1.165) is 0 Å². The second-order valence-electron chi connectivity index (χ2n) is 2.52. The second kappa shape index (κ2) is 2.17. The lowest BCUT2D eigenvalue weighted by Crippen LogP contribution is -2.23. The number of amides is 1. The largest absolute Gasteiger partial charge is 0.272 e. The Morgan fingerprint density at radius 2 is 2.44 bits per heavy atom. The lowest BCUT2D eigenvalue weighted by atomic mass is 9.98. The first kappa shape index (κ1) is 6.26. The van der Waals surface area contributed by atoms with Gasteiger partial charge in [-0.1, -0.05) is 13.8 Å². The summed E-state index contributed by atoms with van der Waals surface area (Å²) < 4.78 is 0. The molecule has 0 aromatic heterocycles. The zero-order chi connectivity index (χ0) is 6.85. The molecule has 50 valence electrons. The first-order chi connectivity index (χ1) is 4.22. The van der Waals surface area contributed by atoms with Gasteiger partial charge in [0.15, 0.2) is 0 Å². The topological polar surface area (TPSA) is 41.5 Å². The highest BCUT2D eigenvalue weighted by Gasteiger charge is 2.23. The van der Waals surface area contributed by atoms with Crippen LogP contribution >= 0.6 is 0 Å². The highest BCUT2D eigenvalue weighted by molar-refractivity contribution is 5.97. The molecule has 1 rings (SSSR count). The first-order valence-electron chi connectivity index (χ1n) is 3.05. The molecule has 0 radical (unpaired) electrons. The molecule has 0 aromatic rings. The monoisotopic (exact) mass is 126 g/mol. The van der Waals surface area contributed by atoms with Gasteiger partial charge in [-0.2, -0.15) is 5.10 Å². The molecule has 0 saturated heterocycles. The molecule has 1 unspecified atom stereocenters. The number of carbonyl (C=O) groups excluding carboxylic acids is 1. The van der Waals surface area contributed by atoms with Gasteiger partial charge in [-0.05, 0) is 5.92 Å². The minimum atomic E-state index is -0.00926. The van der Waals surface area contributed by atoms with Gasteiger partial charge in [0.05, 0.1) is 5.92 Å².